The molecule has 40 heavy (non-hydrogen) atoms. The number of rotatable bonds is 6. The highest BCUT2D eigenvalue weighted by Gasteiger charge is 2.34. The number of benzene rings is 2. The van der Waals surface area contributed by atoms with Crippen LogP contribution in [0.1, 0.15) is 33.5 Å². The van der Waals surface area contributed by atoms with Gasteiger partial charge in [0.2, 0.25) is 6.79 Å². The molecule has 1 amide bonds. The highest BCUT2D eigenvalue weighted by molar-refractivity contribution is 5.91. The van der Waals surface area contributed by atoms with Crippen LogP contribution < -0.4 is 15.0 Å². The first-order chi connectivity index (χ1) is 19.6. The average Bonchev–Trinajstić information content (AvgIpc) is 3.76. The fourth-order valence-electron chi connectivity index (χ4n) is 5.33. The highest BCUT2D eigenvalue weighted by atomic mass is 16.7. The summed E-state index contributed by atoms with van der Waals surface area (Å²) < 4.78 is 18.1. The van der Waals surface area contributed by atoms with Crippen LogP contribution in [0.2, 0.25) is 0 Å². The number of carbonyl (C=O) groups excluding carboxylic acids is 1. The van der Waals surface area contributed by atoms with Gasteiger partial charge >= 0.3 is 0 Å². The molecule has 5 aromatic rings. The number of aromatic amines is 1. The Kier molecular flexibility index (Phi) is 6.00. The Morgan fingerprint density at radius 2 is 1.77 bits per heavy atom. The van der Waals surface area contributed by atoms with Crippen molar-refractivity contribution in [1.29, 1.82) is 0 Å². The van der Waals surface area contributed by atoms with E-state index >= 15 is 0 Å². The van der Waals surface area contributed by atoms with Crippen LogP contribution in [0.3, 0.4) is 0 Å². The first-order valence-corrected chi connectivity index (χ1v) is 13.0. The zero-order chi connectivity index (χ0) is 27.1. The normalized spacial score (nSPS) is 15.9. The number of nitrogens with zero attached hydrogens (tertiary/aromatic N) is 6. The van der Waals surface area contributed by atoms with E-state index in [4.69, 9.17) is 13.9 Å². The maximum atomic E-state index is 13.6. The van der Waals surface area contributed by atoms with Gasteiger partial charge in [-0.1, -0.05) is 30.3 Å². The summed E-state index contributed by atoms with van der Waals surface area (Å²) in [5, 5.41) is 13.5. The first kappa shape index (κ1) is 24.1. The highest BCUT2D eigenvalue weighted by Crippen LogP contribution is 2.36. The van der Waals surface area contributed by atoms with Crippen molar-refractivity contribution in [2.45, 2.75) is 12.6 Å². The van der Waals surface area contributed by atoms with E-state index in [1.54, 1.807) is 27.8 Å². The third-order valence-electron chi connectivity index (χ3n) is 7.34. The number of H-pyrrole nitrogens is 1. The van der Waals surface area contributed by atoms with Gasteiger partial charge in [0.1, 0.15) is 6.04 Å². The van der Waals surface area contributed by atoms with Crippen LogP contribution >= 0.6 is 0 Å². The summed E-state index contributed by atoms with van der Waals surface area (Å²) >= 11 is 0. The predicted octanol–water partition coefficient (Wildman–Crippen LogP) is 2.43. The molecule has 2 aliphatic heterocycles. The number of carbonyl (C=O) groups is 1. The van der Waals surface area contributed by atoms with Gasteiger partial charge in [-0.2, -0.15) is 0 Å². The van der Waals surface area contributed by atoms with Gasteiger partial charge in [-0.3, -0.25) is 14.5 Å². The van der Waals surface area contributed by atoms with E-state index in [0.29, 0.717) is 66.9 Å². The van der Waals surface area contributed by atoms with E-state index in [1.807, 2.05) is 42.5 Å². The second-order valence-corrected chi connectivity index (χ2v) is 9.73. The van der Waals surface area contributed by atoms with Crippen molar-refractivity contribution < 1.29 is 18.7 Å². The van der Waals surface area contributed by atoms with Gasteiger partial charge in [0.15, 0.2) is 23.1 Å². The largest absolute Gasteiger partial charge is 0.459 e. The van der Waals surface area contributed by atoms with E-state index in [9.17, 15) is 9.59 Å². The molecule has 0 unspecified atom stereocenters. The smallest absolute Gasteiger partial charge is 0.289 e. The van der Waals surface area contributed by atoms with E-state index in [2.05, 4.69) is 25.4 Å². The van der Waals surface area contributed by atoms with Crippen LogP contribution in [0.15, 0.2) is 76.1 Å². The maximum Gasteiger partial charge on any atom is 0.289 e. The molecule has 12 heteroatoms. The van der Waals surface area contributed by atoms with Crippen molar-refractivity contribution in [1.82, 2.24) is 35.0 Å². The molecule has 0 aliphatic carbocycles. The monoisotopic (exact) mass is 539 g/mol. The number of ether oxygens (including phenoxy) is 2. The molecule has 1 N–H and O–H groups in total. The lowest BCUT2D eigenvalue weighted by molar-refractivity contribution is 0.0558. The second kappa shape index (κ2) is 9.97. The number of fused-ring (bicyclic) bond motifs is 2. The van der Waals surface area contributed by atoms with E-state index < -0.39 is 6.04 Å². The minimum atomic E-state index is -0.557. The summed E-state index contributed by atoms with van der Waals surface area (Å²) in [5.41, 5.74) is 1.93. The lowest BCUT2D eigenvalue weighted by Gasteiger charge is -2.38. The number of aromatic nitrogens is 5. The van der Waals surface area contributed by atoms with Crippen LogP contribution in [0, 0.1) is 0 Å². The van der Waals surface area contributed by atoms with Crippen molar-refractivity contribution >= 4 is 16.8 Å². The summed E-state index contributed by atoms with van der Waals surface area (Å²) in [6, 6.07) is 18.2. The van der Waals surface area contributed by atoms with Gasteiger partial charge in [0.05, 0.1) is 18.3 Å². The molecule has 1 atom stereocenters. The quantitative estimate of drug-likeness (QED) is 0.346. The fraction of sp³-hybridized carbons (Fsp3) is 0.250. The zero-order valence-corrected chi connectivity index (χ0v) is 21.4. The molecule has 1 saturated heterocycles. The number of nitrogens with one attached hydrogen (secondary N) is 1. The Balaban J connectivity index is 1.27. The number of amides is 1. The van der Waals surface area contributed by atoms with Crippen LogP contribution in [-0.2, 0) is 6.54 Å². The molecule has 7 rings (SSSR count). The average molecular weight is 540 g/mol. The van der Waals surface area contributed by atoms with E-state index in [-0.39, 0.29) is 18.3 Å². The molecule has 0 saturated carbocycles. The lowest BCUT2D eigenvalue weighted by Crippen LogP contribution is -2.50. The molecule has 0 bridgehead atoms. The van der Waals surface area contributed by atoms with Crippen LogP contribution in [-0.4, -0.2) is 73.9 Å². The number of tetrazole rings is 1. The summed E-state index contributed by atoms with van der Waals surface area (Å²) in [5.74, 6) is 1.91. The maximum absolute atomic E-state index is 13.6. The standard InChI is InChI=1S/C28H25N7O5/c36-27-20(13-19-14-23-24(40-17-39-23)15-21(19)29-27)25(26-30-31-32-35(26)16-18-5-2-1-3-6-18)33-8-10-34(11-9-33)28(37)22-7-4-12-38-22/h1-7,12-15,25H,8-11,16-17H2,(H,29,36)/t25-/m1/s1. The van der Waals surface area contributed by atoms with Crippen molar-refractivity contribution in [2.24, 2.45) is 0 Å². The lowest BCUT2D eigenvalue weighted by atomic mass is 10.0. The van der Waals surface area contributed by atoms with Gasteiger partial charge in [-0.15, -0.1) is 5.10 Å². The van der Waals surface area contributed by atoms with Crippen molar-refractivity contribution in [3.8, 4) is 11.5 Å². The summed E-state index contributed by atoms with van der Waals surface area (Å²) in [6.07, 6.45) is 1.49. The fourth-order valence-corrected chi connectivity index (χ4v) is 5.33. The Hall–Kier alpha value is -4.97. The van der Waals surface area contributed by atoms with Gasteiger partial charge < -0.3 is 23.8 Å². The molecule has 0 radical (unpaired) electrons. The third-order valence-corrected chi connectivity index (χ3v) is 7.34. The minimum Gasteiger partial charge on any atom is -0.459 e. The molecule has 202 valence electrons. The number of furan rings is 1. The molecule has 1 fully saturated rings. The Labute approximate surface area is 227 Å². The summed E-state index contributed by atoms with van der Waals surface area (Å²) in [4.78, 5) is 33.4. The van der Waals surface area contributed by atoms with E-state index in [0.717, 1.165) is 10.9 Å². The topological polar surface area (TPSA) is 132 Å². The Morgan fingerprint density at radius 1 is 0.975 bits per heavy atom. The number of pyridine rings is 1. The summed E-state index contributed by atoms with van der Waals surface area (Å²) in [7, 11) is 0. The van der Waals surface area contributed by atoms with Crippen LogP contribution in [0.5, 0.6) is 11.5 Å². The predicted molar refractivity (Wildman–Crippen MR) is 142 cm³/mol. The zero-order valence-electron chi connectivity index (χ0n) is 21.4. The Morgan fingerprint density at radius 3 is 2.55 bits per heavy atom. The third kappa shape index (κ3) is 4.37. The Bertz CT molecular complexity index is 1720. The molecule has 5 heterocycles. The van der Waals surface area contributed by atoms with Gasteiger partial charge in [0, 0.05) is 43.2 Å². The molecule has 2 aromatic carbocycles. The summed E-state index contributed by atoms with van der Waals surface area (Å²) in [6.45, 7) is 2.52. The van der Waals surface area contributed by atoms with Crippen molar-refractivity contribution in [2.75, 3.05) is 33.0 Å². The second-order valence-electron chi connectivity index (χ2n) is 9.73. The van der Waals surface area contributed by atoms with E-state index in [1.165, 1.54) is 6.26 Å². The number of piperazine rings is 1. The molecule has 2 aliphatic rings. The van der Waals surface area contributed by atoms with Gasteiger partial charge in [-0.25, -0.2) is 4.68 Å². The van der Waals surface area contributed by atoms with Crippen molar-refractivity contribution in [3.63, 3.8) is 0 Å². The molecule has 3 aromatic heterocycles. The van der Waals surface area contributed by atoms with Gasteiger partial charge in [-0.05, 0) is 40.3 Å². The number of hydrogen-bond donors (Lipinski definition) is 1. The minimum absolute atomic E-state index is 0.140. The van der Waals surface area contributed by atoms with Gasteiger partial charge in [0.25, 0.3) is 11.5 Å². The molecule has 12 nitrogen and oxygen atoms in total. The molecular weight excluding hydrogens is 514 g/mol. The van der Waals surface area contributed by atoms with Crippen molar-refractivity contribution in [3.05, 3.63) is 100.0 Å². The van der Waals surface area contributed by atoms with Crippen LogP contribution in [0.25, 0.3) is 10.9 Å². The molecule has 0 spiro atoms. The SMILES string of the molecule is O=C(c1ccco1)N1CCN([C@H](c2cc3cc4c(cc3[nH]c2=O)OCO4)c2nnnn2Cc2ccccc2)CC1. The first-order valence-electron chi connectivity index (χ1n) is 13.0. The molecular formula is C28H25N7O5. The number of hydrogen-bond acceptors (Lipinski definition) is 9. The van der Waals surface area contributed by atoms with Crippen LogP contribution in [0.4, 0.5) is 0 Å².